The van der Waals surface area contributed by atoms with Crippen LogP contribution in [0.3, 0.4) is 0 Å². The summed E-state index contributed by atoms with van der Waals surface area (Å²) in [5, 5.41) is 13.5. The molecule has 1 heterocycles. The lowest BCUT2D eigenvalue weighted by Crippen LogP contribution is -2.12. The van der Waals surface area contributed by atoms with Gasteiger partial charge in [-0.1, -0.05) is 42.5 Å². The average Bonchev–Trinajstić information content (AvgIpc) is 3.27. The predicted octanol–water partition coefficient (Wildman–Crippen LogP) is 6.29. The summed E-state index contributed by atoms with van der Waals surface area (Å²) in [7, 11) is 1.78. The number of aryl methyl sites for hydroxylation is 1. The third kappa shape index (κ3) is 5.90. The molecule has 3 aromatic carbocycles. The number of nitrogens with zero attached hydrogens (tertiary/aromatic N) is 2. The van der Waals surface area contributed by atoms with Gasteiger partial charge in [0, 0.05) is 24.9 Å². The fraction of sp³-hybridized carbons (Fsp3) is 0.185. The minimum Gasteiger partial charge on any atom is -0.489 e. The molecule has 35 heavy (non-hydrogen) atoms. The number of benzene rings is 3. The van der Waals surface area contributed by atoms with Gasteiger partial charge in [-0.15, -0.1) is 0 Å². The van der Waals surface area contributed by atoms with Gasteiger partial charge in [0.05, 0.1) is 12.0 Å². The van der Waals surface area contributed by atoms with E-state index in [-0.39, 0.29) is 18.9 Å². The van der Waals surface area contributed by atoms with Crippen molar-refractivity contribution in [3.8, 4) is 16.9 Å². The summed E-state index contributed by atoms with van der Waals surface area (Å²) in [6.07, 6.45) is -2.79. The molecule has 0 fully saturated rings. The van der Waals surface area contributed by atoms with Crippen LogP contribution >= 0.6 is 0 Å². The molecule has 0 aliphatic heterocycles. The van der Waals surface area contributed by atoms with E-state index in [0.29, 0.717) is 11.3 Å². The standard InChI is InChI=1S/C27H23F3N2O3/c1-32-25(13-14-31-32)24(16-26(33)34)20-7-11-23(12-8-20)35-17-18-3-2-4-21(15-18)19-5-9-22(10-6-19)27(28,29)30/h2-15,24H,16-17H2,1H3,(H,33,34). The molecule has 0 aliphatic carbocycles. The zero-order valence-corrected chi connectivity index (χ0v) is 18.9. The fourth-order valence-corrected chi connectivity index (χ4v) is 3.95. The molecule has 0 amide bonds. The third-order valence-corrected chi connectivity index (χ3v) is 5.76. The Hall–Kier alpha value is -4.07. The van der Waals surface area contributed by atoms with Gasteiger partial charge in [-0.3, -0.25) is 9.48 Å². The Labute approximate surface area is 200 Å². The van der Waals surface area contributed by atoms with Crippen LogP contribution in [-0.2, 0) is 24.6 Å². The normalized spacial score (nSPS) is 12.3. The van der Waals surface area contributed by atoms with Gasteiger partial charge >= 0.3 is 12.1 Å². The number of halogens is 3. The number of ether oxygens (including phenoxy) is 1. The summed E-state index contributed by atoms with van der Waals surface area (Å²) in [6, 6.07) is 21.6. The van der Waals surface area contributed by atoms with Crippen LogP contribution in [0.1, 0.15) is 34.7 Å². The highest BCUT2D eigenvalue weighted by atomic mass is 19.4. The van der Waals surface area contributed by atoms with Gasteiger partial charge < -0.3 is 9.84 Å². The summed E-state index contributed by atoms with van der Waals surface area (Å²) >= 11 is 0. The number of hydrogen-bond donors (Lipinski definition) is 1. The molecule has 0 bridgehead atoms. The smallest absolute Gasteiger partial charge is 0.416 e. The molecule has 1 atom stereocenters. The van der Waals surface area contributed by atoms with Crippen LogP contribution in [-0.4, -0.2) is 20.9 Å². The number of rotatable bonds is 8. The van der Waals surface area contributed by atoms with E-state index in [4.69, 9.17) is 4.74 Å². The maximum atomic E-state index is 12.8. The second-order valence-corrected chi connectivity index (χ2v) is 8.16. The molecule has 4 rings (SSSR count). The summed E-state index contributed by atoms with van der Waals surface area (Å²) in [4.78, 5) is 11.4. The Morgan fingerprint density at radius 1 is 1.00 bits per heavy atom. The topological polar surface area (TPSA) is 64.4 Å². The molecular formula is C27H23F3N2O3. The first-order chi connectivity index (χ1) is 16.7. The summed E-state index contributed by atoms with van der Waals surface area (Å²) in [5.74, 6) is -0.619. The van der Waals surface area contributed by atoms with Crippen LogP contribution in [0.5, 0.6) is 5.75 Å². The van der Waals surface area contributed by atoms with Gasteiger partial charge in [-0.25, -0.2) is 0 Å². The van der Waals surface area contributed by atoms with E-state index < -0.39 is 17.7 Å². The second-order valence-electron chi connectivity index (χ2n) is 8.16. The van der Waals surface area contributed by atoms with Crippen LogP contribution < -0.4 is 4.74 Å². The van der Waals surface area contributed by atoms with Crippen molar-refractivity contribution in [3.05, 3.63) is 107 Å². The molecular weight excluding hydrogens is 457 g/mol. The van der Waals surface area contributed by atoms with E-state index in [9.17, 15) is 23.1 Å². The van der Waals surface area contributed by atoms with Crippen LogP contribution in [0.25, 0.3) is 11.1 Å². The number of carboxylic acid groups (broad SMARTS) is 1. The molecule has 1 N–H and O–H groups in total. The van der Waals surface area contributed by atoms with Crippen molar-refractivity contribution in [1.29, 1.82) is 0 Å². The predicted molar refractivity (Wildman–Crippen MR) is 125 cm³/mol. The zero-order chi connectivity index (χ0) is 25.0. The van der Waals surface area contributed by atoms with Gasteiger partial charge in [-0.2, -0.15) is 18.3 Å². The maximum Gasteiger partial charge on any atom is 0.416 e. The molecule has 4 aromatic rings. The Morgan fingerprint density at radius 3 is 2.31 bits per heavy atom. The average molecular weight is 480 g/mol. The number of alkyl halides is 3. The Bertz CT molecular complexity index is 1300. The minimum atomic E-state index is -4.37. The largest absolute Gasteiger partial charge is 0.489 e. The number of carboxylic acids is 1. The first-order valence-electron chi connectivity index (χ1n) is 10.9. The summed E-state index contributed by atoms with van der Waals surface area (Å²) in [6.45, 7) is 0.272. The van der Waals surface area contributed by atoms with E-state index in [1.807, 2.05) is 42.5 Å². The molecule has 0 saturated heterocycles. The molecule has 0 saturated carbocycles. The number of carbonyl (C=O) groups is 1. The number of hydrogen-bond acceptors (Lipinski definition) is 3. The van der Waals surface area contributed by atoms with Gasteiger partial charge in [0.1, 0.15) is 12.4 Å². The second kappa shape index (κ2) is 10.0. The Morgan fingerprint density at radius 2 is 1.71 bits per heavy atom. The lowest BCUT2D eigenvalue weighted by atomic mass is 9.92. The molecule has 8 heteroatoms. The van der Waals surface area contributed by atoms with E-state index >= 15 is 0 Å². The van der Waals surface area contributed by atoms with Crippen molar-refractivity contribution in [2.75, 3.05) is 0 Å². The van der Waals surface area contributed by atoms with E-state index in [0.717, 1.165) is 34.5 Å². The maximum absolute atomic E-state index is 12.8. The summed E-state index contributed by atoms with van der Waals surface area (Å²) < 4.78 is 46.0. The molecule has 5 nitrogen and oxygen atoms in total. The molecule has 1 unspecified atom stereocenters. The molecule has 0 spiro atoms. The van der Waals surface area contributed by atoms with Crippen molar-refractivity contribution in [3.63, 3.8) is 0 Å². The van der Waals surface area contributed by atoms with Crippen molar-refractivity contribution >= 4 is 5.97 Å². The van der Waals surface area contributed by atoms with Gasteiger partial charge in [-0.05, 0) is 58.7 Å². The third-order valence-electron chi connectivity index (χ3n) is 5.76. The van der Waals surface area contributed by atoms with Crippen LogP contribution in [0.4, 0.5) is 13.2 Å². The summed E-state index contributed by atoms with van der Waals surface area (Å²) in [5.41, 5.74) is 3.31. The fourth-order valence-electron chi connectivity index (χ4n) is 3.95. The molecule has 180 valence electrons. The SMILES string of the molecule is Cn1nccc1C(CC(=O)O)c1ccc(OCc2cccc(-c3ccc(C(F)(F)F)cc3)c2)cc1. The van der Waals surface area contributed by atoms with E-state index in [1.54, 1.807) is 30.1 Å². The number of aliphatic carboxylic acids is 1. The molecule has 0 radical (unpaired) electrons. The Kier molecular flexibility index (Phi) is 6.91. The minimum absolute atomic E-state index is 0.0590. The highest BCUT2D eigenvalue weighted by Crippen LogP contribution is 2.32. The van der Waals surface area contributed by atoms with Crippen molar-refractivity contribution < 1.29 is 27.8 Å². The highest BCUT2D eigenvalue weighted by molar-refractivity contribution is 5.69. The van der Waals surface area contributed by atoms with Gasteiger partial charge in [0.25, 0.3) is 0 Å². The monoisotopic (exact) mass is 480 g/mol. The van der Waals surface area contributed by atoms with Gasteiger partial charge in [0.2, 0.25) is 0 Å². The first-order valence-corrected chi connectivity index (χ1v) is 10.9. The van der Waals surface area contributed by atoms with Crippen molar-refractivity contribution in [2.24, 2.45) is 7.05 Å². The zero-order valence-electron chi connectivity index (χ0n) is 18.9. The highest BCUT2D eigenvalue weighted by Gasteiger charge is 2.30. The van der Waals surface area contributed by atoms with Gasteiger partial charge in [0.15, 0.2) is 0 Å². The number of aromatic nitrogens is 2. The van der Waals surface area contributed by atoms with Crippen LogP contribution in [0, 0.1) is 0 Å². The molecule has 0 aliphatic rings. The first kappa shape index (κ1) is 24.1. The van der Waals surface area contributed by atoms with Crippen molar-refractivity contribution in [1.82, 2.24) is 9.78 Å². The lowest BCUT2D eigenvalue weighted by Gasteiger charge is -2.16. The van der Waals surface area contributed by atoms with Crippen molar-refractivity contribution in [2.45, 2.75) is 25.1 Å². The van der Waals surface area contributed by atoms with E-state index in [1.165, 1.54) is 12.1 Å². The Balaban J connectivity index is 1.45. The molecule has 1 aromatic heterocycles. The van der Waals surface area contributed by atoms with Crippen LogP contribution in [0.15, 0.2) is 85.1 Å². The quantitative estimate of drug-likeness (QED) is 0.322. The van der Waals surface area contributed by atoms with E-state index in [2.05, 4.69) is 5.10 Å². The lowest BCUT2D eigenvalue weighted by molar-refractivity contribution is -0.138. The van der Waals surface area contributed by atoms with Crippen LogP contribution in [0.2, 0.25) is 0 Å².